The average molecular weight is 341 g/mol. The molecule has 1 atom stereocenters. The molecular formula is C16H18ClFN2OS. The van der Waals surface area contributed by atoms with Crippen LogP contribution in [0.1, 0.15) is 21.0 Å². The highest BCUT2D eigenvalue weighted by Gasteiger charge is 2.19. The molecule has 2 aromatic rings. The maximum atomic E-state index is 13.0. The van der Waals surface area contributed by atoms with Crippen LogP contribution in [0.3, 0.4) is 0 Å². The lowest BCUT2D eigenvalue weighted by molar-refractivity contribution is 0.0944. The third kappa shape index (κ3) is 3.66. The van der Waals surface area contributed by atoms with Crippen molar-refractivity contribution in [2.45, 2.75) is 19.4 Å². The second-order valence-electron chi connectivity index (χ2n) is 5.25. The molecule has 1 aromatic carbocycles. The Hall–Kier alpha value is -1.43. The van der Waals surface area contributed by atoms with E-state index in [4.69, 9.17) is 0 Å². The van der Waals surface area contributed by atoms with E-state index in [9.17, 15) is 9.18 Å². The number of nitrogens with one attached hydrogen (secondary N) is 2. The zero-order valence-electron chi connectivity index (χ0n) is 12.2. The van der Waals surface area contributed by atoms with Gasteiger partial charge in [-0.15, -0.1) is 23.7 Å². The van der Waals surface area contributed by atoms with E-state index in [1.807, 2.05) is 13.0 Å². The number of thiophene rings is 1. The van der Waals surface area contributed by atoms with E-state index in [0.29, 0.717) is 4.88 Å². The highest BCUT2D eigenvalue weighted by atomic mass is 35.5. The summed E-state index contributed by atoms with van der Waals surface area (Å²) in [5, 5.41) is 6.28. The first-order chi connectivity index (χ1) is 10.1. The first kappa shape index (κ1) is 16.9. The van der Waals surface area contributed by atoms with Crippen LogP contribution >= 0.6 is 23.7 Å². The SMILES string of the molecule is Cc1sc(C(=O)NC2CCNC2)cc1-c1ccc(F)cc1.Cl. The normalized spacial score (nSPS) is 17.1. The molecule has 2 heterocycles. The van der Waals surface area contributed by atoms with Crippen molar-refractivity contribution in [1.82, 2.24) is 10.6 Å². The molecule has 3 rings (SSSR count). The number of halogens is 2. The molecule has 1 aliphatic rings. The molecule has 1 saturated heterocycles. The summed E-state index contributed by atoms with van der Waals surface area (Å²) in [5.41, 5.74) is 1.93. The van der Waals surface area contributed by atoms with Crippen LogP contribution in [-0.2, 0) is 0 Å². The van der Waals surface area contributed by atoms with Crippen molar-refractivity contribution >= 4 is 29.7 Å². The molecule has 6 heteroatoms. The predicted molar refractivity (Wildman–Crippen MR) is 90.4 cm³/mol. The molecule has 0 saturated carbocycles. The van der Waals surface area contributed by atoms with Gasteiger partial charge in [0.1, 0.15) is 5.82 Å². The fourth-order valence-corrected chi connectivity index (χ4v) is 3.49. The standard InChI is InChI=1S/C16H17FN2OS.ClH/c1-10-14(11-2-4-12(17)5-3-11)8-15(21-10)16(20)19-13-6-7-18-9-13;/h2-5,8,13,18H,6-7,9H2,1H3,(H,19,20);1H. The molecule has 0 bridgehead atoms. The van der Waals surface area contributed by atoms with E-state index in [0.717, 1.165) is 35.5 Å². The fourth-order valence-electron chi connectivity index (χ4n) is 2.54. The van der Waals surface area contributed by atoms with Crippen LogP contribution in [0.15, 0.2) is 30.3 Å². The van der Waals surface area contributed by atoms with Gasteiger partial charge in [-0.1, -0.05) is 12.1 Å². The minimum absolute atomic E-state index is 0. The van der Waals surface area contributed by atoms with Crippen molar-refractivity contribution < 1.29 is 9.18 Å². The van der Waals surface area contributed by atoms with Gasteiger partial charge in [0.25, 0.3) is 5.91 Å². The largest absolute Gasteiger partial charge is 0.347 e. The van der Waals surface area contributed by atoms with Crippen molar-refractivity contribution in [3.05, 3.63) is 45.9 Å². The van der Waals surface area contributed by atoms with E-state index >= 15 is 0 Å². The molecule has 1 aromatic heterocycles. The van der Waals surface area contributed by atoms with Crippen molar-refractivity contribution in [1.29, 1.82) is 0 Å². The molecule has 2 N–H and O–H groups in total. The molecule has 1 unspecified atom stereocenters. The second-order valence-corrected chi connectivity index (χ2v) is 6.51. The maximum Gasteiger partial charge on any atom is 0.261 e. The Morgan fingerprint density at radius 3 is 2.73 bits per heavy atom. The second kappa shape index (κ2) is 7.22. The third-order valence-corrected chi connectivity index (χ3v) is 4.74. The first-order valence-corrected chi connectivity index (χ1v) is 7.83. The van der Waals surface area contributed by atoms with Crippen LogP contribution in [0, 0.1) is 12.7 Å². The van der Waals surface area contributed by atoms with Gasteiger partial charge in [0, 0.05) is 17.5 Å². The van der Waals surface area contributed by atoms with Gasteiger partial charge < -0.3 is 10.6 Å². The van der Waals surface area contributed by atoms with Crippen LogP contribution in [-0.4, -0.2) is 25.0 Å². The molecular weight excluding hydrogens is 323 g/mol. The summed E-state index contributed by atoms with van der Waals surface area (Å²) in [6.45, 7) is 3.77. The van der Waals surface area contributed by atoms with Crippen LogP contribution in [0.4, 0.5) is 4.39 Å². The van der Waals surface area contributed by atoms with Crippen molar-refractivity contribution in [3.8, 4) is 11.1 Å². The van der Waals surface area contributed by atoms with Gasteiger partial charge in [-0.2, -0.15) is 0 Å². The molecule has 0 radical (unpaired) electrons. The van der Waals surface area contributed by atoms with Gasteiger partial charge in [-0.25, -0.2) is 4.39 Å². The van der Waals surface area contributed by atoms with Crippen molar-refractivity contribution in [3.63, 3.8) is 0 Å². The monoisotopic (exact) mass is 340 g/mol. The van der Waals surface area contributed by atoms with Crippen LogP contribution in [0.5, 0.6) is 0 Å². The molecule has 1 fully saturated rings. The number of carbonyl (C=O) groups is 1. The van der Waals surface area contributed by atoms with Gasteiger partial charge in [0.15, 0.2) is 0 Å². The van der Waals surface area contributed by atoms with E-state index in [1.54, 1.807) is 12.1 Å². The molecule has 1 amide bonds. The number of benzene rings is 1. The Bertz CT molecular complexity index is 651. The van der Waals surface area contributed by atoms with Crippen LogP contribution in [0.2, 0.25) is 0 Å². The lowest BCUT2D eigenvalue weighted by atomic mass is 10.1. The van der Waals surface area contributed by atoms with E-state index in [-0.39, 0.29) is 30.2 Å². The highest BCUT2D eigenvalue weighted by Crippen LogP contribution is 2.31. The van der Waals surface area contributed by atoms with Gasteiger partial charge in [0.05, 0.1) is 4.88 Å². The lowest BCUT2D eigenvalue weighted by Gasteiger charge is -2.09. The van der Waals surface area contributed by atoms with Crippen molar-refractivity contribution in [2.75, 3.05) is 13.1 Å². The number of hydrogen-bond donors (Lipinski definition) is 2. The lowest BCUT2D eigenvalue weighted by Crippen LogP contribution is -2.35. The minimum Gasteiger partial charge on any atom is -0.347 e. The number of hydrogen-bond acceptors (Lipinski definition) is 3. The average Bonchev–Trinajstić information content (AvgIpc) is 3.09. The summed E-state index contributed by atoms with van der Waals surface area (Å²) in [4.78, 5) is 14.0. The van der Waals surface area contributed by atoms with Crippen LogP contribution < -0.4 is 10.6 Å². The first-order valence-electron chi connectivity index (χ1n) is 7.01. The Kier molecular flexibility index (Phi) is 5.56. The molecule has 1 aliphatic heterocycles. The zero-order chi connectivity index (χ0) is 14.8. The Labute approximate surface area is 139 Å². The van der Waals surface area contributed by atoms with E-state index in [2.05, 4.69) is 10.6 Å². The number of carbonyl (C=O) groups excluding carboxylic acids is 1. The molecule has 118 valence electrons. The number of aryl methyl sites for hydroxylation is 1. The Morgan fingerprint density at radius 1 is 1.36 bits per heavy atom. The summed E-state index contributed by atoms with van der Waals surface area (Å²) < 4.78 is 13.0. The predicted octanol–water partition coefficient (Wildman–Crippen LogP) is 3.38. The summed E-state index contributed by atoms with van der Waals surface area (Å²) in [6, 6.07) is 8.48. The number of rotatable bonds is 3. The Balaban J connectivity index is 0.00000176. The maximum absolute atomic E-state index is 13.0. The zero-order valence-corrected chi connectivity index (χ0v) is 13.8. The number of amides is 1. The van der Waals surface area contributed by atoms with E-state index < -0.39 is 0 Å². The molecule has 22 heavy (non-hydrogen) atoms. The van der Waals surface area contributed by atoms with Gasteiger partial charge in [0.2, 0.25) is 0 Å². The fraction of sp³-hybridized carbons (Fsp3) is 0.312. The molecule has 0 spiro atoms. The summed E-state index contributed by atoms with van der Waals surface area (Å²) in [5.74, 6) is -0.275. The smallest absolute Gasteiger partial charge is 0.261 e. The summed E-state index contributed by atoms with van der Waals surface area (Å²) in [6.07, 6.45) is 0.973. The quantitative estimate of drug-likeness (QED) is 0.899. The molecule has 0 aliphatic carbocycles. The Morgan fingerprint density at radius 2 is 2.09 bits per heavy atom. The topological polar surface area (TPSA) is 41.1 Å². The summed E-state index contributed by atoms with van der Waals surface area (Å²) in [7, 11) is 0. The third-order valence-electron chi connectivity index (χ3n) is 3.69. The van der Waals surface area contributed by atoms with E-state index in [1.165, 1.54) is 23.5 Å². The van der Waals surface area contributed by atoms with Crippen LogP contribution in [0.25, 0.3) is 11.1 Å². The highest BCUT2D eigenvalue weighted by molar-refractivity contribution is 7.14. The van der Waals surface area contributed by atoms with Gasteiger partial charge in [-0.05, 0) is 49.2 Å². The van der Waals surface area contributed by atoms with Crippen molar-refractivity contribution in [2.24, 2.45) is 0 Å². The molecule has 3 nitrogen and oxygen atoms in total. The summed E-state index contributed by atoms with van der Waals surface area (Å²) >= 11 is 1.48. The van der Waals surface area contributed by atoms with Gasteiger partial charge >= 0.3 is 0 Å². The van der Waals surface area contributed by atoms with Gasteiger partial charge in [-0.3, -0.25) is 4.79 Å². The minimum atomic E-state index is -0.252.